The molecule has 1 aromatic heterocycles. The molecule has 18 heavy (non-hydrogen) atoms. The number of carbonyl (C=O) groups excluding carboxylic acids is 2. The van der Waals surface area contributed by atoms with Crippen molar-refractivity contribution in [2.75, 3.05) is 0 Å². The highest BCUT2D eigenvalue weighted by atomic mass is 16.1. The monoisotopic (exact) mass is 245 g/mol. The third kappa shape index (κ3) is 2.32. The van der Waals surface area contributed by atoms with Crippen LogP contribution < -0.4 is 5.56 Å². The Hall–Kier alpha value is -1.97. The second-order valence-electron chi connectivity index (χ2n) is 4.73. The van der Waals surface area contributed by atoms with E-state index in [-0.39, 0.29) is 17.1 Å². The van der Waals surface area contributed by atoms with E-state index >= 15 is 0 Å². The van der Waals surface area contributed by atoms with Crippen molar-refractivity contribution in [1.29, 1.82) is 0 Å². The van der Waals surface area contributed by atoms with E-state index in [0.29, 0.717) is 5.56 Å². The van der Waals surface area contributed by atoms with E-state index in [1.807, 2.05) is 0 Å². The zero-order chi connectivity index (χ0) is 13.3. The maximum absolute atomic E-state index is 11.9. The molecule has 0 aliphatic heterocycles. The molecule has 0 aromatic carbocycles. The Bertz CT molecular complexity index is 591. The predicted molar refractivity (Wildman–Crippen MR) is 67.7 cm³/mol. The Balaban J connectivity index is 2.45. The molecule has 1 fully saturated rings. The van der Waals surface area contributed by atoms with Crippen molar-refractivity contribution >= 4 is 11.6 Å². The van der Waals surface area contributed by atoms with Gasteiger partial charge in [0, 0.05) is 17.8 Å². The smallest absolute Gasteiger partial charge is 0.251 e. The van der Waals surface area contributed by atoms with E-state index in [0.717, 1.165) is 12.8 Å². The number of hydrogen-bond acceptors (Lipinski definition) is 3. The molecule has 0 radical (unpaired) electrons. The van der Waals surface area contributed by atoms with Crippen LogP contribution in [0, 0.1) is 0 Å². The molecule has 1 aromatic rings. The zero-order valence-corrected chi connectivity index (χ0v) is 10.5. The largest absolute Gasteiger partial charge is 0.305 e. The number of nitrogens with zero attached hydrogens (tertiary/aromatic N) is 1. The van der Waals surface area contributed by atoms with Gasteiger partial charge < -0.3 is 4.57 Å². The van der Waals surface area contributed by atoms with E-state index < -0.39 is 5.54 Å². The summed E-state index contributed by atoms with van der Waals surface area (Å²) < 4.78 is 1.56. The SMILES string of the molecule is CC(=O)/C=C/C1(n2cc(C(C)=O)ccc2=O)CC1. The summed E-state index contributed by atoms with van der Waals surface area (Å²) in [6.45, 7) is 2.94. The molecule has 1 heterocycles. The van der Waals surface area contributed by atoms with Crippen molar-refractivity contribution in [3.8, 4) is 0 Å². The van der Waals surface area contributed by atoms with Gasteiger partial charge in [-0.1, -0.05) is 6.08 Å². The molecule has 0 bridgehead atoms. The molecule has 0 N–H and O–H groups in total. The fourth-order valence-corrected chi connectivity index (χ4v) is 1.93. The molecular formula is C14H15NO3. The maximum atomic E-state index is 11.9. The summed E-state index contributed by atoms with van der Waals surface area (Å²) in [6, 6.07) is 2.93. The van der Waals surface area contributed by atoms with Crippen molar-refractivity contribution in [2.24, 2.45) is 0 Å². The van der Waals surface area contributed by atoms with Crippen molar-refractivity contribution < 1.29 is 9.59 Å². The van der Waals surface area contributed by atoms with E-state index in [1.54, 1.807) is 16.8 Å². The van der Waals surface area contributed by atoms with Crippen LogP contribution >= 0.6 is 0 Å². The number of Topliss-reactive ketones (excluding diaryl/α,β-unsaturated/α-hetero) is 1. The lowest BCUT2D eigenvalue weighted by atomic mass is 10.1. The van der Waals surface area contributed by atoms with Crippen LogP contribution in [0.25, 0.3) is 0 Å². The molecule has 4 heteroatoms. The summed E-state index contributed by atoms with van der Waals surface area (Å²) in [6.07, 6.45) is 6.47. The fourth-order valence-electron chi connectivity index (χ4n) is 1.93. The van der Waals surface area contributed by atoms with E-state index in [2.05, 4.69) is 0 Å². The van der Waals surface area contributed by atoms with E-state index in [4.69, 9.17) is 0 Å². The van der Waals surface area contributed by atoms with Crippen LogP contribution in [0.15, 0.2) is 35.3 Å². The minimum absolute atomic E-state index is 0.0444. The minimum Gasteiger partial charge on any atom is -0.305 e. The van der Waals surface area contributed by atoms with Gasteiger partial charge in [-0.15, -0.1) is 0 Å². The normalized spacial score (nSPS) is 16.8. The van der Waals surface area contributed by atoms with Crippen LogP contribution in [0.4, 0.5) is 0 Å². The van der Waals surface area contributed by atoms with Gasteiger partial charge in [-0.25, -0.2) is 0 Å². The zero-order valence-electron chi connectivity index (χ0n) is 10.5. The first kappa shape index (κ1) is 12.5. The van der Waals surface area contributed by atoms with Crippen LogP contribution in [0.3, 0.4) is 0 Å². The van der Waals surface area contributed by atoms with Gasteiger partial charge in [-0.05, 0) is 38.8 Å². The Kier molecular flexibility index (Phi) is 3.03. The highest BCUT2D eigenvalue weighted by Crippen LogP contribution is 2.43. The van der Waals surface area contributed by atoms with Crippen molar-refractivity contribution in [2.45, 2.75) is 32.2 Å². The number of ketones is 2. The number of rotatable bonds is 4. The number of hydrogen-bond donors (Lipinski definition) is 0. The maximum Gasteiger partial charge on any atom is 0.251 e. The number of pyridine rings is 1. The number of allylic oxidation sites excluding steroid dienone is 2. The third-order valence-corrected chi connectivity index (χ3v) is 3.19. The van der Waals surface area contributed by atoms with Crippen LogP contribution in [-0.2, 0) is 10.3 Å². The second-order valence-corrected chi connectivity index (χ2v) is 4.73. The number of aromatic nitrogens is 1. The Morgan fingerprint density at radius 2 is 1.94 bits per heavy atom. The average Bonchev–Trinajstić information content (AvgIpc) is 3.07. The third-order valence-electron chi connectivity index (χ3n) is 3.19. The first-order valence-electron chi connectivity index (χ1n) is 5.88. The van der Waals surface area contributed by atoms with Gasteiger partial charge in [0.25, 0.3) is 5.56 Å². The lowest BCUT2D eigenvalue weighted by Gasteiger charge is -2.15. The quantitative estimate of drug-likeness (QED) is 0.599. The summed E-state index contributed by atoms with van der Waals surface area (Å²) in [4.78, 5) is 34.2. The summed E-state index contributed by atoms with van der Waals surface area (Å²) >= 11 is 0. The molecule has 0 atom stereocenters. The van der Waals surface area contributed by atoms with Gasteiger partial charge in [0.1, 0.15) is 0 Å². The van der Waals surface area contributed by atoms with Gasteiger partial charge >= 0.3 is 0 Å². The van der Waals surface area contributed by atoms with Gasteiger partial charge in [-0.3, -0.25) is 14.4 Å². The van der Waals surface area contributed by atoms with Crippen molar-refractivity contribution in [3.05, 3.63) is 46.4 Å². The second kappa shape index (κ2) is 4.37. The van der Waals surface area contributed by atoms with Crippen molar-refractivity contribution in [3.63, 3.8) is 0 Å². The molecule has 2 rings (SSSR count). The Morgan fingerprint density at radius 3 is 2.44 bits per heavy atom. The summed E-state index contributed by atoms with van der Waals surface area (Å²) in [5.74, 6) is -0.118. The average molecular weight is 245 g/mol. The van der Waals surface area contributed by atoms with Gasteiger partial charge in [0.2, 0.25) is 0 Å². The molecule has 1 aliphatic carbocycles. The Labute approximate surface area is 105 Å². The van der Waals surface area contributed by atoms with Crippen LogP contribution in [0.1, 0.15) is 37.0 Å². The van der Waals surface area contributed by atoms with Crippen LogP contribution in [0.5, 0.6) is 0 Å². The van der Waals surface area contributed by atoms with E-state index in [9.17, 15) is 14.4 Å². The van der Waals surface area contributed by atoms with Crippen molar-refractivity contribution in [1.82, 2.24) is 4.57 Å². The fraction of sp³-hybridized carbons (Fsp3) is 0.357. The molecule has 94 valence electrons. The lowest BCUT2D eigenvalue weighted by Crippen LogP contribution is -2.28. The van der Waals surface area contributed by atoms with Gasteiger partial charge in [-0.2, -0.15) is 0 Å². The highest BCUT2D eigenvalue weighted by molar-refractivity contribution is 5.93. The van der Waals surface area contributed by atoms with Gasteiger partial charge in [0.05, 0.1) is 5.54 Å². The standard InChI is InChI=1S/C14H15NO3/c1-10(16)5-6-14(7-8-14)15-9-12(11(2)17)3-4-13(15)18/h3-6,9H,7-8H2,1-2H3/b6-5+. The van der Waals surface area contributed by atoms with Gasteiger partial charge in [0.15, 0.2) is 11.6 Å². The predicted octanol–water partition coefficient (Wildman–Crippen LogP) is 1.69. The summed E-state index contributed by atoms with van der Waals surface area (Å²) in [5, 5.41) is 0. The highest BCUT2D eigenvalue weighted by Gasteiger charge is 2.42. The molecular weight excluding hydrogens is 230 g/mol. The summed E-state index contributed by atoms with van der Waals surface area (Å²) in [5.41, 5.74) is -0.0448. The topological polar surface area (TPSA) is 56.1 Å². The lowest BCUT2D eigenvalue weighted by molar-refractivity contribution is -0.112. The molecule has 4 nitrogen and oxygen atoms in total. The van der Waals surface area contributed by atoms with Crippen LogP contribution in [-0.4, -0.2) is 16.1 Å². The molecule has 0 amide bonds. The van der Waals surface area contributed by atoms with E-state index in [1.165, 1.54) is 32.1 Å². The minimum atomic E-state index is -0.409. The first-order chi connectivity index (χ1) is 8.44. The molecule has 0 unspecified atom stereocenters. The molecule has 0 saturated heterocycles. The Morgan fingerprint density at radius 1 is 1.28 bits per heavy atom. The first-order valence-corrected chi connectivity index (χ1v) is 5.88. The van der Waals surface area contributed by atoms with Crippen LogP contribution in [0.2, 0.25) is 0 Å². The number of carbonyl (C=O) groups is 2. The molecule has 0 spiro atoms. The molecule has 1 saturated carbocycles. The molecule has 1 aliphatic rings. The summed E-state index contributed by atoms with van der Waals surface area (Å²) in [7, 11) is 0.